The second-order valence-electron chi connectivity index (χ2n) is 7.45. The number of carbonyl (C=O) groups excluding carboxylic acids is 2. The van der Waals surface area contributed by atoms with Crippen molar-refractivity contribution in [3.63, 3.8) is 0 Å². The fourth-order valence-electron chi connectivity index (χ4n) is 3.32. The number of nitrogens with one attached hydrogen (secondary N) is 3. The van der Waals surface area contributed by atoms with Crippen molar-refractivity contribution in [2.75, 3.05) is 19.5 Å². The third kappa shape index (κ3) is 4.88. The summed E-state index contributed by atoms with van der Waals surface area (Å²) >= 11 is 6.15. The summed E-state index contributed by atoms with van der Waals surface area (Å²) in [6.45, 7) is 5.57. The SMILES string of the molecule is CN/N=C(/C(=O)Nc1cccc(Cl)c1C)[C@@H](C(=O)OC)c1nc2cc(C)c(C)cc2[nH]c1=O. The van der Waals surface area contributed by atoms with Crippen LogP contribution in [0.4, 0.5) is 5.69 Å². The molecule has 0 aliphatic rings. The molecule has 0 unspecified atom stereocenters. The van der Waals surface area contributed by atoms with Crippen LogP contribution in [-0.2, 0) is 14.3 Å². The minimum atomic E-state index is -1.48. The molecule has 3 rings (SSSR count). The molecule has 2 aromatic carbocycles. The molecule has 0 bridgehead atoms. The Morgan fingerprint density at radius 3 is 2.55 bits per heavy atom. The molecule has 33 heavy (non-hydrogen) atoms. The van der Waals surface area contributed by atoms with Crippen LogP contribution >= 0.6 is 11.6 Å². The number of carbonyl (C=O) groups is 2. The Balaban J connectivity index is 2.14. The normalized spacial score (nSPS) is 12.4. The summed E-state index contributed by atoms with van der Waals surface area (Å²) in [5.74, 6) is -3.05. The van der Waals surface area contributed by atoms with E-state index in [1.807, 2.05) is 13.8 Å². The topological polar surface area (TPSA) is 126 Å². The second kappa shape index (κ2) is 9.83. The number of halogens is 1. The summed E-state index contributed by atoms with van der Waals surface area (Å²) < 4.78 is 4.91. The predicted molar refractivity (Wildman–Crippen MR) is 128 cm³/mol. The van der Waals surface area contributed by atoms with Crippen molar-refractivity contribution in [3.8, 4) is 0 Å². The maximum Gasteiger partial charge on any atom is 0.321 e. The van der Waals surface area contributed by atoms with Gasteiger partial charge in [-0.05, 0) is 61.7 Å². The molecule has 9 nitrogen and oxygen atoms in total. The first-order chi connectivity index (χ1) is 15.7. The monoisotopic (exact) mass is 469 g/mol. The number of hydrogen-bond acceptors (Lipinski definition) is 7. The molecule has 3 N–H and O–H groups in total. The third-order valence-electron chi connectivity index (χ3n) is 5.30. The lowest BCUT2D eigenvalue weighted by atomic mass is 9.97. The Bertz CT molecular complexity index is 1330. The van der Waals surface area contributed by atoms with E-state index in [1.54, 1.807) is 37.3 Å². The Hall–Kier alpha value is -3.72. The van der Waals surface area contributed by atoms with Gasteiger partial charge in [0.25, 0.3) is 11.5 Å². The molecule has 1 heterocycles. The number of rotatable bonds is 6. The van der Waals surface area contributed by atoms with E-state index in [2.05, 4.69) is 25.8 Å². The number of hydrogen-bond donors (Lipinski definition) is 3. The number of aromatic amines is 1. The smallest absolute Gasteiger partial charge is 0.321 e. The highest BCUT2D eigenvalue weighted by molar-refractivity contribution is 6.48. The first-order valence-electron chi connectivity index (χ1n) is 10.1. The molecule has 0 fully saturated rings. The maximum absolute atomic E-state index is 13.2. The van der Waals surface area contributed by atoms with Gasteiger partial charge in [-0.1, -0.05) is 17.7 Å². The largest absolute Gasteiger partial charge is 0.468 e. The van der Waals surface area contributed by atoms with Gasteiger partial charge in [-0.2, -0.15) is 5.10 Å². The molecule has 1 aromatic heterocycles. The molecule has 172 valence electrons. The van der Waals surface area contributed by atoms with Crippen LogP contribution in [0.25, 0.3) is 11.0 Å². The van der Waals surface area contributed by atoms with Crippen LogP contribution in [0.15, 0.2) is 40.2 Å². The number of anilines is 1. The number of amides is 1. The molecule has 0 saturated carbocycles. The summed E-state index contributed by atoms with van der Waals surface area (Å²) in [5.41, 5.74) is 5.39. The first-order valence-corrected chi connectivity index (χ1v) is 10.5. The standard InChI is InChI=1S/C23H24ClN5O4/c1-11-9-16-17(10-12(11)2)28-21(30)19(26-16)18(23(32)33-5)20(29-25-4)22(31)27-15-8-6-7-14(24)13(15)3/h6-10,18,25H,1-5H3,(H,27,31)(H,28,30)/b29-20+/t18-/m0/s1. The number of nitrogens with zero attached hydrogens (tertiary/aromatic N) is 2. The number of fused-ring (bicyclic) bond motifs is 1. The minimum absolute atomic E-state index is 0.204. The van der Waals surface area contributed by atoms with Crippen LogP contribution in [0.3, 0.4) is 0 Å². The molecule has 0 aliphatic heterocycles. The Labute approximate surface area is 195 Å². The average molecular weight is 470 g/mol. The Morgan fingerprint density at radius 2 is 1.88 bits per heavy atom. The van der Waals surface area contributed by atoms with Crippen molar-refractivity contribution in [1.29, 1.82) is 0 Å². The van der Waals surface area contributed by atoms with Gasteiger partial charge in [-0.25, -0.2) is 4.98 Å². The lowest BCUT2D eigenvalue weighted by Gasteiger charge is -2.17. The minimum Gasteiger partial charge on any atom is -0.468 e. The van der Waals surface area contributed by atoms with Gasteiger partial charge in [0.2, 0.25) is 0 Å². The molecule has 0 spiro atoms. The van der Waals surface area contributed by atoms with Crippen molar-refractivity contribution in [3.05, 3.63) is 68.1 Å². The number of ether oxygens (including phenoxy) is 1. The van der Waals surface area contributed by atoms with Crippen molar-refractivity contribution in [2.45, 2.75) is 26.7 Å². The number of aryl methyl sites for hydroxylation is 2. The summed E-state index contributed by atoms with van der Waals surface area (Å²) in [5, 5.41) is 7.16. The third-order valence-corrected chi connectivity index (χ3v) is 5.71. The zero-order valence-corrected chi connectivity index (χ0v) is 19.6. The molecule has 0 aliphatic carbocycles. The number of esters is 1. The lowest BCUT2D eigenvalue weighted by molar-refractivity contribution is -0.141. The van der Waals surface area contributed by atoms with Crippen LogP contribution in [-0.4, -0.2) is 41.7 Å². The van der Waals surface area contributed by atoms with E-state index < -0.39 is 23.4 Å². The van der Waals surface area contributed by atoms with E-state index in [0.717, 1.165) is 18.2 Å². The Kier molecular flexibility index (Phi) is 7.13. The van der Waals surface area contributed by atoms with E-state index in [9.17, 15) is 14.4 Å². The van der Waals surface area contributed by atoms with Crippen LogP contribution in [0, 0.1) is 20.8 Å². The van der Waals surface area contributed by atoms with Gasteiger partial charge in [-0.15, -0.1) is 0 Å². The molecular weight excluding hydrogens is 446 g/mol. The zero-order chi connectivity index (χ0) is 24.3. The van der Waals surface area contributed by atoms with E-state index in [4.69, 9.17) is 16.3 Å². The van der Waals surface area contributed by atoms with E-state index in [0.29, 0.717) is 27.3 Å². The molecule has 1 atom stereocenters. The van der Waals surface area contributed by atoms with E-state index in [1.165, 1.54) is 7.05 Å². The zero-order valence-electron chi connectivity index (χ0n) is 18.9. The van der Waals surface area contributed by atoms with Crippen LogP contribution in [0.5, 0.6) is 0 Å². The summed E-state index contributed by atoms with van der Waals surface area (Å²) in [7, 11) is 2.63. The number of aromatic nitrogens is 2. The number of methoxy groups -OCH3 is 1. The van der Waals surface area contributed by atoms with Gasteiger partial charge >= 0.3 is 5.97 Å². The highest BCUT2D eigenvalue weighted by atomic mass is 35.5. The molecule has 3 aromatic rings. The second-order valence-corrected chi connectivity index (χ2v) is 7.86. The van der Waals surface area contributed by atoms with Crippen molar-refractivity contribution >= 4 is 45.9 Å². The fourth-order valence-corrected chi connectivity index (χ4v) is 3.50. The lowest BCUT2D eigenvalue weighted by Crippen LogP contribution is -2.38. The first kappa shape index (κ1) is 23.9. The Morgan fingerprint density at radius 1 is 1.18 bits per heavy atom. The van der Waals surface area contributed by atoms with Gasteiger partial charge in [0.1, 0.15) is 11.4 Å². The van der Waals surface area contributed by atoms with Gasteiger partial charge < -0.3 is 20.5 Å². The fraction of sp³-hybridized carbons (Fsp3) is 0.261. The van der Waals surface area contributed by atoms with Crippen molar-refractivity contribution in [2.24, 2.45) is 5.10 Å². The highest BCUT2D eigenvalue weighted by Crippen LogP contribution is 2.24. The highest BCUT2D eigenvalue weighted by Gasteiger charge is 2.36. The number of H-pyrrole nitrogens is 1. The number of benzene rings is 2. The summed E-state index contributed by atoms with van der Waals surface area (Å²) in [6, 6.07) is 8.62. The molecule has 0 saturated heterocycles. The summed E-state index contributed by atoms with van der Waals surface area (Å²) in [6.07, 6.45) is 0. The molecular formula is C23H24ClN5O4. The van der Waals surface area contributed by atoms with E-state index >= 15 is 0 Å². The quantitative estimate of drug-likeness (QED) is 0.289. The van der Waals surface area contributed by atoms with Gasteiger partial charge in [0, 0.05) is 17.8 Å². The predicted octanol–water partition coefficient (Wildman–Crippen LogP) is 2.97. The van der Waals surface area contributed by atoms with Crippen LogP contribution < -0.4 is 16.3 Å². The molecule has 1 amide bonds. The molecule has 0 radical (unpaired) electrons. The molecule has 10 heteroatoms. The van der Waals surface area contributed by atoms with Crippen LogP contribution in [0.2, 0.25) is 5.02 Å². The van der Waals surface area contributed by atoms with Gasteiger partial charge in [0.05, 0.1) is 18.1 Å². The van der Waals surface area contributed by atoms with Gasteiger partial charge in [-0.3, -0.25) is 14.4 Å². The van der Waals surface area contributed by atoms with E-state index in [-0.39, 0.29) is 11.4 Å². The summed E-state index contributed by atoms with van der Waals surface area (Å²) in [4.78, 5) is 46.1. The maximum atomic E-state index is 13.2. The average Bonchev–Trinajstić information content (AvgIpc) is 2.77. The van der Waals surface area contributed by atoms with Crippen LogP contribution in [0.1, 0.15) is 28.3 Å². The van der Waals surface area contributed by atoms with Gasteiger partial charge in [0.15, 0.2) is 5.92 Å². The number of hydrazone groups is 1. The van der Waals surface area contributed by atoms with Crippen molar-refractivity contribution < 1.29 is 14.3 Å². The van der Waals surface area contributed by atoms with Crippen molar-refractivity contribution in [1.82, 2.24) is 15.4 Å².